The van der Waals surface area contributed by atoms with Crippen molar-refractivity contribution >= 4 is 29.2 Å². The summed E-state index contributed by atoms with van der Waals surface area (Å²) in [5.41, 5.74) is 6.89. The van der Waals surface area contributed by atoms with E-state index in [-0.39, 0.29) is 6.10 Å². The summed E-state index contributed by atoms with van der Waals surface area (Å²) in [7, 11) is 0. The van der Waals surface area contributed by atoms with Crippen molar-refractivity contribution in [1.82, 2.24) is 9.88 Å². The molecular weight excluding hydrogens is 368 g/mol. The molecule has 0 saturated heterocycles. The Hall–Kier alpha value is -3.87. The third kappa shape index (κ3) is 4.35. The topological polar surface area (TPSA) is 90.0 Å². The van der Waals surface area contributed by atoms with Gasteiger partial charge in [0.15, 0.2) is 6.40 Å². The lowest BCUT2D eigenvalue weighted by molar-refractivity contribution is -0.115. The van der Waals surface area contributed by atoms with E-state index in [0.717, 1.165) is 16.3 Å². The van der Waals surface area contributed by atoms with E-state index >= 15 is 0 Å². The van der Waals surface area contributed by atoms with Crippen LogP contribution in [0.2, 0.25) is 0 Å². The molecule has 7 nitrogen and oxygen atoms in total. The standard InChI is InChI=1S/C22H20N4O3/c23-21(27)20-13-18-14-26(20)10-9-24-15-28-11-3-1-2-4-16-5-6-17-7-8-25-22(29-18)19(17)12-16/h1-10,12-13,15,18H,11,14H2,(H2,23,27)/b3-1+,4-2+,10-9+,24-15?. The van der Waals surface area contributed by atoms with Crippen molar-refractivity contribution in [2.24, 2.45) is 10.7 Å². The highest BCUT2D eigenvalue weighted by Gasteiger charge is 2.27. The molecule has 146 valence electrons. The molecule has 2 aliphatic heterocycles. The number of aliphatic imine (C=N–C) groups is 1. The average Bonchev–Trinajstić information content (AvgIpc) is 3.12. The Kier molecular flexibility index (Phi) is 5.38. The van der Waals surface area contributed by atoms with Crippen LogP contribution in [-0.2, 0) is 9.53 Å². The van der Waals surface area contributed by atoms with Crippen LogP contribution in [0.5, 0.6) is 5.88 Å². The first kappa shape index (κ1) is 18.5. The van der Waals surface area contributed by atoms with Crippen molar-refractivity contribution < 1.29 is 14.3 Å². The Labute approximate surface area is 168 Å². The number of primary amides is 1. The maximum absolute atomic E-state index is 11.8. The normalized spacial score (nSPS) is 22.1. The molecule has 0 aliphatic carbocycles. The molecule has 1 amide bonds. The van der Waals surface area contributed by atoms with E-state index in [4.69, 9.17) is 15.2 Å². The largest absolute Gasteiger partial charge is 0.479 e. The number of nitrogens with zero attached hydrogens (tertiary/aromatic N) is 3. The Morgan fingerprint density at radius 1 is 1.24 bits per heavy atom. The molecule has 29 heavy (non-hydrogen) atoms. The number of rotatable bonds is 1. The van der Waals surface area contributed by atoms with Gasteiger partial charge in [0.25, 0.3) is 5.91 Å². The molecule has 2 aromatic rings. The molecule has 2 N–H and O–H groups in total. The molecular formula is C22H20N4O3. The van der Waals surface area contributed by atoms with Crippen molar-refractivity contribution in [3.8, 4) is 5.88 Å². The minimum absolute atomic E-state index is 0.354. The van der Waals surface area contributed by atoms with Crippen LogP contribution in [0.1, 0.15) is 5.56 Å². The molecule has 2 aliphatic rings. The van der Waals surface area contributed by atoms with Gasteiger partial charge >= 0.3 is 0 Å². The number of hydrogen-bond donors (Lipinski definition) is 1. The molecule has 0 radical (unpaired) electrons. The highest BCUT2D eigenvalue weighted by Crippen LogP contribution is 2.28. The van der Waals surface area contributed by atoms with E-state index < -0.39 is 5.91 Å². The van der Waals surface area contributed by atoms with Crippen molar-refractivity contribution in [2.45, 2.75) is 6.10 Å². The summed E-state index contributed by atoms with van der Waals surface area (Å²) >= 11 is 0. The first-order valence-corrected chi connectivity index (χ1v) is 9.17. The molecule has 7 heteroatoms. The first-order valence-electron chi connectivity index (χ1n) is 9.17. The molecule has 1 atom stereocenters. The van der Waals surface area contributed by atoms with Crippen LogP contribution < -0.4 is 10.5 Å². The Balaban J connectivity index is 1.73. The monoisotopic (exact) mass is 388 g/mol. The molecule has 0 spiro atoms. The fourth-order valence-electron chi connectivity index (χ4n) is 3.15. The van der Waals surface area contributed by atoms with E-state index in [0.29, 0.717) is 24.7 Å². The summed E-state index contributed by atoms with van der Waals surface area (Å²) < 4.78 is 11.4. The van der Waals surface area contributed by atoms with E-state index in [9.17, 15) is 4.79 Å². The number of carbonyl (C=O) groups is 1. The van der Waals surface area contributed by atoms with Crippen molar-refractivity contribution in [3.63, 3.8) is 0 Å². The lowest BCUT2D eigenvalue weighted by Crippen LogP contribution is -2.27. The van der Waals surface area contributed by atoms with Crippen LogP contribution in [0.15, 0.2) is 77.9 Å². The van der Waals surface area contributed by atoms with Crippen molar-refractivity contribution in [3.05, 3.63) is 78.4 Å². The smallest absolute Gasteiger partial charge is 0.265 e. The van der Waals surface area contributed by atoms with Crippen LogP contribution in [0.25, 0.3) is 16.8 Å². The summed E-state index contributed by atoms with van der Waals surface area (Å²) in [6.45, 7) is 0.824. The average molecular weight is 388 g/mol. The first-order chi connectivity index (χ1) is 14.2. The van der Waals surface area contributed by atoms with Gasteiger partial charge in [0.1, 0.15) is 18.4 Å². The van der Waals surface area contributed by atoms with Gasteiger partial charge in [-0.25, -0.2) is 9.98 Å². The molecule has 1 unspecified atom stereocenters. The number of fused-ring (bicyclic) bond motifs is 3. The lowest BCUT2D eigenvalue weighted by atomic mass is 10.1. The summed E-state index contributed by atoms with van der Waals surface area (Å²) in [5.74, 6) is -0.0213. The number of amides is 1. The molecule has 1 aromatic heterocycles. The van der Waals surface area contributed by atoms with Gasteiger partial charge in [0.2, 0.25) is 5.88 Å². The third-order valence-electron chi connectivity index (χ3n) is 4.50. The molecule has 4 bridgehead atoms. The second-order valence-electron chi connectivity index (χ2n) is 6.49. The summed E-state index contributed by atoms with van der Waals surface area (Å²) in [5, 5.41) is 1.92. The summed E-state index contributed by atoms with van der Waals surface area (Å²) in [6.07, 6.45) is 15.3. The number of allylic oxidation sites excluding steroid dienone is 2. The van der Waals surface area contributed by atoms with E-state index in [1.54, 1.807) is 23.4 Å². The number of nitrogens with two attached hydrogens (primary N) is 1. The zero-order chi connectivity index (χ0) is 20.1. The second kappa shape index (κ2) is 8.43. The van der Waals surface area contributed by atoms with Crippen LogP contribution in [-0.4, -0.2) is 41.4 Å². The van der Waals surface area contributed by atoms with Gasteiger partial charge in [-0.15, -0.1) is 0 Å². The zero-order valence-electron chi connectivity index (χ0n) is 15.6. The SMILES string of the molecule is NC(=O)C1=CC2CN1/C=C/N=COC/C=C/C=C/c1ccc3ccnc(c3c1)O2. The number of carbonyl (C=O) groups excluding carboxylic acids is 1. The minimum Gasteiger partial charge on any atom is -0.479 e. The Bertz CT molecular complexity index is 1070. The van der Waals surface area contributed by atoms with E-state index in [1.807, 2.05) is 48.6 Å². The predicted molar refractivity (Wildman–Crippen MR) is 112 cm³/mol. The van der Waals surface area contributed by atoms with Crippen LogP contribution in [0, 0.1) is 0 Å². The van der Waals surface area contributed by atoms with Crippen LogP contribution >= 0.6 is 0 Å². The van der Waals surface area contributed by atoms with Crippen LogP contribution in [0.3, 0.4) is 0 Å². The summed E-state index contributed by atoms with van der Waals surface area (Å²) in [6, 6.07) is 8.02. The number of hydrogen-bond acceptors (Lipinski definition) is 6. The van der Waals surface area contributed by atoms with Gasteiger partial charge in [0, 0.05) is 24.0 Å². The molecule has 3 heterocycles. The lowest BCUT2D eigenvalue weighted by Gasteiger charge is -2.17. The highest BCUT2D eigenvalue weighted by molar-refractivity contribution is 5.92. The summed E-state index contributed by atoms with van der Waals surface area (Å²) in [4.78, 5) is 22.0. The van der Waals surface area contributed by atoms with Gasteiger partial charge in [-0.1, -0.05) is 30.4 Å². The maximum atomic E-state index is 11.8. The number of benzene rings is 1. The van der Waals surface area contributed by atoms with Crippen molar-refractivity contribution in [1.29, 1.82) is 0 Å². The maximum Gasteiger partial charge on any atom is 0.265 e. The third-order valence-corrected chi connectivity index (χ3v) is 4.50. The highest BCUT2D eigenvalue weighted by atomic mass is 16.5. The van der Waals surface area contributed by atoms with Gasteiger partial charge in [0.05, 0.1) is 6.54 Å². The predicted octanol–water partition coefficient (Wildman–Crippen LogP) is 2.77. The van der Waals surface area contributed by atoms with Crippen molar-refractivity contribution in [2.75, 3.05) is 13.2 Å². The quantitative estimate of drug-likeness (QED) is 0.811. The molecule has 0 fully saturated rings. The van der Waals surface area contributed by atoms with Crippen LogP contribution in [0.4, 0.5) is 0 Å². The molecule has 4 rings (SSSR count). The second-order valence-corrected chi connectivity index (χ2v) is 6.49. The van der Waals surface area contributed by atoms with Gasteiger partial charge in [-0.3, -0.25) is 4.79 Å². The molecule has 0 saturated carbocycles. The fraction of sp³-hybridized carbons (Fsp3) is 0.136. The number of aromatic nitrogens is 1. The van der Waals surface area contributed by atoms with E-state index in [1.165, 1.54) is 12.6 Å². The Morgan fingerprint density at radius 3 is 3.07 bits per heavy atom. The minimum atomic E-state index is -0.532. The molecule has 1 aromatic carbocycles. The fourth-order valence-corrected chi connectivity index (χ4v) is 3.15. The number of pyridine rings is 1. The van der Waals surface area contributed by atoms with Gasteiger partial charge in [-0.05, 0) is 35.2 Å². The zero-order valence-corrected chi connectivity index (χ0v) is 15.6. The van der Waals surface area contributed by atoms with Gasteiger partial charge in [-0.2, -0.15) is 0 Å². The van der Waals surface area contributed by atoms with Gasteiger partial charge < -0.3 is 20.1 Å². The Morgan fingerprint density at radius 2 is 2.17 bits per heavy atom. The van der Waals surface area contributed by atoms with E-state index in [2.05, 4.69) is 9.98 Å². The number of ether oxygens (including phenoxy) is 2.